The summed E-state index contributed by atoms with van der Waals surface area (Å²) in [6.07, 6.45) is 4.41. The maximum Gasteiger partial charge on any atom is 0.323 e. The van der Waals surface area contributed by atoms with E-state index in [1.807, 2.05) is 0 Å². The molecule has 0 spiro atoms. The fourth-order valence-electron chi connectivity index (χ4n) is 2.67. The predicted molar refractivity (Wildman–Crippen MR) is 60.2 cm³/mol. The first-order valence-corrected chi connectivity index (χ1v) is 6.21. The van der Waals surface area contributed by atoms with Crippen molar-refractivity contribution >= 4 is 5.97 Å². The minimum Gasteiger partial charge on any atom is -0.468 e. The smallest absolute Gasteiger partial charge is 0.323 e. The first-order valence-electron chi connectivity index (χ1n) is 6.21. The van der Waals surface area contributed by atoms with Crippen LogP contribution >= 0.6 is 0 Å². The Labute approximate surface area is 96.9 Å². The van der Waals surface area contributed by atoms with Crippen LogP contribution in [-0.4, -0.2) is 50.3 Å². The second-order valence-electron chi connectivity index (χ2n) is 4.76. The fourth-order valence-corrected chi connectivity index (χ4v) is 2.67. The van der Waals surface area contributed by atoms with Crippen LogP contribution in [0.25, 0.3) is 0 Å². The zero-order valence-corrected chi connectivity index (χ0v) is 9.98. The van der Waals surface area contributed by atoms with Crippen molar-refractivity contribution in [2.75, 3.05) is 33.4 Å². The largest absolute Gasteiger partial charge is 0.468 e. The molecule has 0 saturated carbocycles. The number of likely N-dealkylation sites (tertiary alicyclic amines) is 1. The molecule has 2 atom stereocenters. The summed E-state index contributed by atoms with van der Waals surface area (Å²) in [6, 6.07) is -0.0145. The van der Waals surface area contributed by atoms with Crippen LogP contribution in [0.4, 0.5) is 0 Å². The van der Waals surface area contributed by atoms with E-state index in [0.29, 0.717) is 5.92 Å². The molecule has 16 heavy (non-hydrogen) atoms. The van der Waals surface area contributed by atoms with E-state index in [1.54, 1.807) is 0 Å². The maximum absolute atomic E-state index is 11.7. The van der Waals surface area contributed by atoms with Gasteiger partial charge in [-0.05, 0) is 31.7 Å². The third-order valence-electron chi connectivity index (χ3n) is 3.60. The van der Waals surface area contributed by atoms with E-state index in [1.165, 1.54) is 13.5 Å². The van der Waals surface area contributed by atoms with Gasteiger partial charge >= 0.3 is 5.97 Å². The van der Waals surface area contributed by atoms with Crippen molar-refractivity contribution in [3.05, 3.63) is 0 Å². The Morgan fingerprint density at radius 3 is 3.00 bits per heavy atom. The van der Waals surface area contributed by atoms with Crippen molar-refractivity contribution in [1.82, 2.24) is 4.90 Å². The Morgan fingerprint density at radius 1 is 1.44 bits per heavy atom. The molecule has 2 aliphatic heterocycles. The molecule has 2 aliphatic rings. The highest BCUT2D eigenvalue weighted by Gasteiger charge is 2.31. The number of nitrogens with zero attached hydrogens (tertiary/aromatic N) is 1. The number of esters is 1. The Hall–Kier alpha value is -0.610. The van der Waals surface area contributed by atoms with Crippen molar-refractivity contribution in [2.24, 2.45) is 5.92 Å². The third kappa shape index (κ3) is 2.74. The summed E-state index contributed by atoms with van der Waals surface area (Å²) in [5.41, 5.74) is 0. The SMILES string of the molecule is COC(=O)C1CCCCN1CC1CCOC1. The summed E-state index contributed by atoms with van der Waals surface area (Å²) in [4.78, 5) is 13.9. The lowest BCUT2D eigenvalue weighted by atomic mass is 9.99. The van der Waals surface area contributed by atoms with Gasteiger partial charge in [-0.3, -0.25) is 9.69 Å². The molecule has 4 nitrogen and oxygen atoms in total. The summed E-state index contributed by atoms with van der Waals surface area (Å²) in [7, 11) is 1.48. The molecule has 2 fully saturated rings. The van der Waals surface area contributed by atoms with Gasteiger partial charge in [0.25, 0.3) is 0 Å². The zero-order chi connectivity index (χ0) is 11.4. The lowest BCUT2D eigenvalue weighted by Crippen LogP contribution is -2.47. The van der Waals surface area contributed by atoms with Crippen LogP contribution in [0, 0.1) is 5.92 Å². The summed E-state index contributed by atoms with van der Waals surface area (Å²) in [5, 5.41) is 0. The van der Waals surface area contributed by atoms with Crippen LogP contribution in [0.15, 0.2) is 0 Å². The minimum atomic E-state index is -0.0707. The number of piperidine rings is 1. The molecule has 0 radical (unpaired) electrons. The van der Waals surface area contributed by atoms with Crippen LogP contribution in [0.3, 0.4) is 0 Å². The van der Waals surface area contributed by atoms with Crippen molar-refractivity contribution in [2.45, 2.75) is 31.7 Å². The molecular weight excluding hydrogens is 206 g/mol. The highest BCUT2D eigenvalue weighted by Crippen LogP contribution is 2.22. The first kappa shape index (κ1) is 11.9. The average Bonchev–Trinajstić information content (AvgIpc) is 2.82. The number of carbonyl (C=O) groups excluding carboxylic acids is 1. The Kier molecular flexibility index (Phi) is 4.18. The number of hydrogen-bond acceptors (Lipinski definition) is 4. The summed E-state index contributed by atoms with van der Waals surface area (Å²) < 4.78 is 10.3. The Bertz CT molecular complexity index is 238. The molecule has 0 aromatic heterocycles. The third-order valence-corrected chi connectivity index (χ3v) is 3.60. The van der Waals surface area contributed by atoms with Crippen molar-refractivity contribution in [3.63, 3.8) is 0 Å². The van der Waals surface area contributed by atoms with Gasteiger partial charge in [-0.2, -0.15) is 0 Å². The highest BCUT2D eigenvalue weighted by molar-refractivity contribution is 5.75. The van der Waals surface area contributed by atoms with Crippen molar-refractivity contribution < 1.29 is 14.3 Å². The molecule has 2 saturated heterocycles. The van der Waals surface area contributed by atoms with Crippen LogP contribution in [0.5, 0.6) is 0 Å². The van der Waals surface area contributed by atoms with Crippen LogP contribution in [0.1, 0.15) is 25.7 Å². The lowest BCUT2D eigenvalue weighted by Gasteiger charge is -2.35. The fraction of sp³-hybridized carbons (Fsp3) is 0.917. The quantitative estimate of drug-likeness (QED) is 0.676. The zero-order valence-electron chi connectivity index (χ0n) is 9.98. The van der Waals surface area contributed by atoms with Crippen LogP contribution in [0.2, 0.25) is 0 Å². The number of ether oxygens (including phenoxy) is 2. The molecule has 4 heteroatoms. The normalized spacial score (nSPS) is 31.6. The molecule has 0 aliphatic carbocycles. The van der Waals surface area contributed by atoms with E-state index in [-0.39, 0.29) is 12.0 Å². The molecule has 2 heterocycles. The molecule has 0 aromatic rings. The second-order valence-corrected chi connectivity index (χ2v) is 4.76. The number of methoxy groups -OCH3 is 1. The predicted octanol–water partition coefficient (Wildman–Crippen LogP) is 1.05. The van der Waals surface area contributed by atoms with Gasteiger partial charge in [-0.15, -0.1) is 0 Å². The van der Waals surface area contributed by atoms with E-state index in [9.17, 15) is 4.79 Å². The van der Waals surface area contributed by atoms with E-state index in [0.717, 1.165) is 45.6 Å². The van der Waals surface area contributed by atoms with Gasteiger partial charge in [0.2, 0.25) is 0 Å². The van der Waals surface area contributed by atoms with Crippen molar-refractivity contribution in [3.8, 4) is 0 Å². The minimum absolute atomic E-state index is 0.0145. The maximum atomic E-state index is 11.7. The van der Waals surface area contributed by atoms with Gasteiger partial charge in [-0.1, -0.05) is 6.42 Å². The number of rotatable bonds is 3. The van der Waals surface area contributed by atoms with Crippen LogP contribution < -0.4 is 0 Å². The molecule has 0 N–H and O–H groups in total. The average molecular weight is 227 g/mol. The lowest BCUT2D eigenvalue weighted by molar-refractivity contribution is -0.148. The van der Waals surface area contributed by atoms with E-state index < -0.39 is 0 Å². The van der Waals surface area contributed by atoms with Crippen LogP contribution in [-0.2, 0) is 14.3 Å². The standard InChI is InChI=1S/C12H21NO3/c1-15-12(14)11-4-2-3-6-13(11)8-10-5-7-16-9-10/h10-11H,2-9H2,1H3. The van der Waals surface area contributed by atoms with Gasteiger partial charge in [0.15, 0.2) is 0 Å². The molecule has 0 aromatic carbocycles. The molecule has 2 unspecified atom stereocenters. The van der Waals surface area contributed by atoms with Crippen molar-refractivity contribution in [1.29, 1.82) is 0 Å². The van der Waals surface area contributed by atoms with E-state index >= 15 is 0 Å². The highest BCUT2D eigenvalue weighted by atomic mass is 16.5. The van der Waals surface area contributed by atoms with Gasteiger partial charge in [-0.25, -0.2) is 0 Å². The summed E-state index contributed by atoms with van der Waals surface area (Å²) in [6.45, 7) is 3.74. The van der Waals surface area contributed by atoms with Gasteiger partial charge in [0, 0.05) is 13.2 Å². The second kappa shape index (κ2) is 5.64. The summed E-state index contributed by atoms with van der Waals surface area (Å²) in [5.74, 6) is 0.531. The number of hydrogen-bond donors (Lipinski definition) is 0. The Morgan fingerprint density at radius 2 is 2.31 bits per heavy atom. The van der Waals surface area contributed by atoms with E-state index in [2.05, 4.69) is 4.90 Å². The monoisotopic (exact) mass is 227 g/mol. The first-order chi connectivity index (χ1) is 7.81. The van der Waals surface area contributed by atoms with Gasteiger partial charge in [0.05, 0.1) is 13.7 Å². The molecule has 0 amide bonds. The van der Waals surface area contributed by atoms with Gasteiger partial charge in [0.1, 0.15) is 6.04 Å². The molecule has 2 rings (SSSR count). The molecule has 0 bridgehead atoms. The summed E-state index contributed by atoms with van der Waals surface area (Å²) >= 11 is 0. The molecular formula is C12H21NO3. The Balaban J connectivity index is 1.90. The number of carbonyl (C=O) groups is 1. The molecule has 92 valence electrons. The van der Waals surface area contributed by atoms with E-state index in [4.69, 9.17) is 9.47 Å². The van der Waals surface area contributed by atoms with Gasteiger partial charge < -0.3 is 9.47 Å². The topological polar surface area (TPSA) is 38.8 Å².